The molecule has 0 aromatic carbocycles. The third-order valence-corrected chi connectivity index (χ3v) is 4.58. The van der Waals surface area contributed by atoms with Crippen LogP contribution in [0.3, 0.4) is 0 Å². The fraction of sp³-hybridized carbons (Fsp3) is 0.722. The minimum atomic E-state index is -1.71. The highest BCUT2D eigenvalue weighted by molar-refractivity contribution is 5.80. The number of aliphatic hydroxyl groups is 3. The van der Waals surface area contributed by atoms with Gasteiger partial charge in [0.25, 0.3) is 0 Å². The number of hydrogen-bond acceptors (Lipinski definition) is 11. The van der Waals surface area contributed by atoms with E-state index >= 15 is 0 Å². The van der Waals surface area contributed by atoms with Crippen molar-refractivity contribution in [1.29, 1.82) is 0 Å². The van der Waals surface area contributed by atoms with Gasteiger partial charge in [0.05, 0.1) is 52.5 Å². The SMILES string of the molecule is O=C(O)CN(CCN(CC(=O)O)CC(=O)O)CCN(CC(=O)O)CC(=O)NC(CO)(CO)CO. The van der Waals surface area contributed by atoms with Crippen molar-refractivity contribution in [2.24, 2.45) is 0 Å². The standard InChI is InChI=1S/C18H32N4O12/c23-10-18(11-24,12-25)19-13(26)5-21(7-15(29)30)3-1-20(6-14(27)28)2-4-22(8-16(31)32)9-17(33)34/h23-25H,1-12H2,(H,19,26)(H,27,28)(H,29,30)(H,31,32)(H,33,34). The van der Waals surface area contributed by atoms with Crippen LogP contribution in [0, 0.1) is 0 Å². The number of nitrogens with one attached hydrogen (secondary N) is 1. The second-order valence-corrected chi connectivity index (χ2v) is 7.58. The molecule has 0 bridgehead atoms. The Balaban J connectivity index is 5.20. The summed E-state index contributed by atoms with van der Waals surface area (Å²) in [7, 11) is 0. The van der Waals surface area contributed by atoms with Gasteiger partial charge in [0, 0.05) is 26.2 Å². The van der Waals surface area contributed by atoms with E-state index < -0.39 is 87.9 Å². The summed E-state index contributed by atoms with van der Waals surface area (Å²) in [6.07, 6.45) is 0. The van der Waals surface area contributed by atoms with E-state index in [4.69, 9.17) is 20.4 Å². The van der Waals surface area contributed by atoms with E-state index in [9.17, 15) is 39.3 Å². The number of carbonyl (C=O) groups excluding carboxylic acids is 1. The molecule has 0 spiro atoms. The first-order valence-electron chi connectivity index (χ1n) is 10.0. The fourth-order valence-corrected chi connectivity index (χ4v) is 2.84. The predicted octanol–water partition coefficient (Wildman–Crippen LogP) is -4.94. The summed E-state index contributed by atoms with van der Waals surface area (Å²) in [5.41, 5.74) is -1.71. The number of carbonyl (C=O) groups is 5. The summed E-state index contributed by atoms with van der Waals surface area (Å²) < 4.78 is 0. The van der Waals surface area contributed by atoms with E-state index in [1.807, 2.05) is 0 Å². The van der Waals surface area contributed by atoms with Crippen molar-refractivity contribution in [2.75, 3.05) is 78.7 Å². The largest absolute Gasteiger partial charge is 0.480 e. The van der Waals surface area contributed by atoms with Gasteiger partial charge in [-0.05, 0) is 0 Å². The number of carboxylic acid groups (broad SMARTS) is 4. The average Bonchev–Trinajstić information content (AvgIpc) is 2.72. The summed E-state index contributed by atoms with van der Waals surface area (Å²) in [5, 5.41) is 66.1. The first-order chi connectivity index (χ1) is 15.9. The first kappa shape index (κ1) is 31.1. The molecular weight excluding hydrogens is 464 g/mol. The Morgan fingerprint density at radius 3 is 1.15 bits per heavy atom. The molecule has 0 aromatic rings. The van der Waals surface area contributed by atoms with Gasteiger partial charge in [0.15, 0.2) is 0 Å². The van der Waals surface area contributed by atoms with Crippen LogP contribution in [0.2, 0.25) is 0 Å². The molecule has 0 aliphatic rings. The van der Waals surface area contributed by atoms with Gasteiger partial charge in [-0.2, -0.15) is 0 Å². The van der Waals surface area contributed by atoms with Gasteiger partial charge in [-0.3, -0.25) is 38.7 Å². The summed E-state index contributed by atoms with van der Waals surface area (Å²) in [6.45, 7) is -5.46. The highest BCUT2D eigenvalue weighted by Crippen LogP contribution is 2.02. The summed E-state index contributed by atoms with van der Waals surface area (Å²) in [6, 6.07) is 0. The maximum absolute atomic E-state index is 12.3. The quantitative estimate of drug-likeness (QED) is 0.0786. The van der Waals surface area contributed by atoms with Crippen LogP contribution >= 0.6 is 0 Å². The van der Waals surface area contributed by atoms with E-state index in [0.717, 1.165) is 9.80 Å². The molecule has 0 unspecified atom stereocenters. The molecule has 196 valence electrons. The summed E-state index contributed by atoms with van der Waals surface area (Å²) >= 11 is 0. The Labute approximate surface area is 194 Å². The Morgan fingerprint density at radius 1 is 0.529 bits per heavy atom. The van der Waals surface area contributed by atoms with Crippen molar-refractivity contribution in [3.05, 3.63) is 0 Å². The number of nitrogens with zero attached hydrogens (tertiary/aromatic N) is 3. The van der Waals surface area contributed by atoms with E-state index in [1.54, 1.807) is 0 Å². The number of rotatable bonds is 20. The normalized spacial score (nSPS) is 11.7. The van der Waals surface area contributed by atoms with Crippen LogP contribution in [-0.4, -0.2) is 164 Å². The Bertz CT molecular complexity index is 676. The number of hydrogen-bond donors (Lipinski definition) is 8. The molecule has 0 aromatic heterocycles. The lowest BCUT2D eigenvalue weighted by Gasteiger charge is -2.31. The molecule has 16 nitrogen and oxygen atoms in total. The third-order valence-electron chi connectivity index (χ3n) is 4.58. The highest BCUT2D eigenvalue weighted by atomic mass is 16.4. The van der Waals surface area contributed by atoms with Gasteiger partial charge in [-0.1, -0.05) is 0 Å². The lowest BCUT2D eigenvalue weighted by Crippen LogP contribution is -2.59. The lowest BCUT2D eigenvalue weighted by atomic mass is 10.0. The van der Waals surface area contributed by atoms with Crippen LogP contribution in [0.5, 0.6) is 0 Å². The lowest BCUT2D eigenvalue weighted by molar-refractivity contribution is -0.143. The zero-order valence-electron chi connectivity index (χ0n) is 18.5. The van der Waals surface area contributed by atoms with Crippen LogP contribution < -0.4 is 5.32 Å². The van der Waals surface area contributed by atoms with Crippen LogP contribution in [0.25, 0.3) is 0 Å². The zero-order valence-corrected chi connectivity index (χ0v) is 18.5. The van der Waals surface area contributed by atoms with Crippen molar-refractivity contribution in [1.82, 2.24) is 20.0 Å². The van der Waals surface area contributed by atoms with Gasteiger partial charge < -0.3 is 41.1 Å². The molecular formula is C18H32N4O12. The molecule has 0 rings (SSSR count). The van der Waals surface area contributed by atoms with Crippen LogP contribution in [0.1, 0.15) is 0 Å². The molecule has 0 atom stereocenters. The molecule has 1 amide bonds. The minimum absolute atomic E-state index is 0.0530. The highest BCUT2D eigenvalue weighted by Gasteiger charge is 2.30. The number of amides is 1. The second kappa shape index (κ2) is 15.9. The van der Waals surface area contributed by atoms with Crippen molar-refractivity contribution in [3.8, 4) is 0 Å². The van der Waals surface area contributed by atoms with Gasteiger partial charge in [0.2, 0.25) is 5.91 Å². The molecule has 0 heterocycles. The van der Waals surface area contributed by atoms with E-state index in [0.29, 0.717) is 0 Å². The maximum atomic E-state index is 12.3. The Hall–Kier alpha value is -2.89. The summed E-state index contributed by atoms with van der Waals surface area (Å²) in [5.74, 6) is -5.87. The van der Waals surface area contributed by atoms with Gasteiger partial charge >= 0.3 is 23.9 Å². The smallest absolute Gasteiger partial charge is 0.317 e. The van der Waals surface area contributed by atoms with Crippen molar-refractivity contribution < 1.29 is 59.7 Å². The number of carboxylic acids is 4. The van der Waals surface area contributed by atoms with E-state index in [1.165, 1.54) is 4.90 Å². The van der Waals surface area contributed by atoms with Gasteiger partial charge in [-0.15, -0.1) is 0 Å². The molecule has 0 saturated carbocycles. The first-order valence-corrected chi connectivity index (χ1v) is 10.0. The average molecular weight is 496 g/mol. The predicted molar refractivity (Wildman–Crippen MR) is 112 cm³/mol. The molecule has 34 heavy (non-hydrogen) atoms. The molecule has 0 radical (unpaired) electrons. The molecule has 0 aliphatic heterocycles. The van der Waals surface area contributed by atoms with Gasteiger partial charge in [0.1, 0.15) is 5.54 Å². The summed E-state index contributed by atoms with van der Waals surface area (Å²) in [4.78, 5) is 60.0. The fourth-order valence-electron chi connectivity index (χ4n) is 2.84. The molecule has 16 heteroatoms. The maximum Gasteiger partial charge on any atom is 0.317 e. The zero-order chi connectivity index (χ0) is 26.3. The Kier molecular flexibility index (Phi) is 14.5. The Morgan fingerprint density at radius 2 is 0.824 bits per heavy atom. The number of aliphatic hydroxyl groups excluding tert-OH is 3. The topological polar surface area (TPSA) is 249 Å². The minimum Gasteiger partial charge on any atom is -0.480 e. The van der Waals surface area contributed by atoms with E-state index in [-0.39, 0.29) is 26.2 Å². The molecule has 0 fully saturated rings. The third kappa shape index (κ3) is 13.6. The van der Waals surface area contributed by atoms with Crippen LogP contribution in [-0.2, 0) is 24.0 Å². The van der Waals surface area contributed by atoms with Gasteiger partial charge in [-0.25, -0.2) is 0 Å². The monoisotopic (exact) mass is 496 g/mol. The second-order valence-electron chi connectivity index (χ2n) is 7.58. The van der Waals surface area contributed by atoms with Crippen molar-refractivity contribution >= 4 is 29.8 Å². The molecule has 0 aliphatic carbocycles. The number of aliphatic carboxylic acids is 4. The molecule has 0 saturated heterocycles. The molecule has 8 N–H and O–H groups in total. The van der Waals surface area contributed by atoms with Crippen LogP contribution in [0.15, 0.2) is 0 Å². The van der Waals surface area contributed by atoms with Crippen LogP contribution in [0.4, 0.5) is 0 Å². The van der Waals surface area contributed by atoms with Crippen molar-refractivity contribution in [3.63, 3.8) is 0 Å². The van der Waals surface area contributed by atoms with Crippen molar-refractivity contribution in [2.45, 2.75) is 5.54 Å². The van der Waals surface area contributed by atoms with E-state index in [2.05, 4.69) is 5.32 Å².